The first-order chi connectivity index (χ1) is 10.1. The molecule has 5 heteroatoms. The van der Waals surface area contributed by atoms with E-state index in [0.717, 1.165) is 11.3 Å². The molecule has 1 saturated heterocycles. The molecule has 0 spiro atoms. The molecule has 5 nitrogen and oxygen atoms in total. The van der Waals surface area contributed by atoms with Gasteiger partial charge in [-0.15, -0.1) is 0 Å². The highest BCUT2D eigenvalue weighted by Crippen LogP contribution is 2.13. The first-order valence-corrected chi connectivity index (χ1v) is 7.33. The molecular weight excluding hydrogens is 268 g/mol. The number of amides is 2. The minimum absolute atomic E-state index is 0.00279. The fourth-order valence-corrected chi connectivity index (χ4v) is 2.44. The third-order valence-corrected chi connectivity index (χ3v) is 3.58. The predicted octanol–water partition coefficient (Wildman–Crippen LogP) is 1.36. The van der Waals surface area contributed by atoms with E-state index in [1.165, 1.54) is 0 Å². The van der Waals surface area contributed by atoms with Crippen LogP contribution in [0, 0.1) is 0 Å². The molecule has 2 amide bonds. The zero-order valence-corrected chi connectivity index (χ0v) is 12.6. The molecule has 1 aromatic carbocycles. The Morgan fingerprint density at radius 2 is 2.10 bits per heavy atom. The van der Waals surface area contributed by atoms with Crippen LogP contribution in [-0.4, -0.2) is 43.0 Å². The molecule has 0 saturated carbocycles. The van der Waals surface area contributed by atoms with Crippen molar-refractivity contribution in [1.82, 2.24) is 10.2 Å². The van der Waals surface area contributed by atoms with E-state index >= 15 is 0 Å². The van der Waals surface area contributed by atoms with Crippen molar-refractivity contribution in [1.29, 1.82) is 0 Å². The minimum atomic E-state index is -0.0460. The van der Waals surface area contributed by atoms with Crippen LogP contribution in [0.1, 0.15) is 25.3 Å². The van der Waals surface area contributed by atoms with Crippen molar-refractivity contribution < 1.29 is 14.3 Å². The van der Waals surface area contributed by atoms with Crippen molar-refractivity contribution >= 4 is 11.8 Å². The third-order valence-electron chi connectivity index (χ3n) is 3.58. The van der Waals surface area contributed by atoms with Gasteiger partial charge in [-0.1, -0.05) is 12.1 Å². The molecule has 0 aliphatic carbocycles. The lowest BCUT2D eigenvalue weighted by molar-refractivity contribution is -0.126. The Morgan fingerprint density at radius 3 is 2.67 bits per heavy atom. The lowest BCUT2D eigenvalue weighted by Gasteiger charge is -2.12. The monoisotopic (exact) mass is 290 g/mol. The maximum absolute atomic E-state index is 11.9. The summed E-state index contributed by atoms with van der Waals surface area (Å²) in [6.45, 7) is 3.20. The molecule has 1 heterocycles. The highest BCUT2D eigenvalue weighted by atomic mass is 16.5. The molecule has 1 fully saturated rings. The quantitative estimate of drug-likeness (QED) is 0.860. The van der Waals surface area contributed by atoms with Crippen molar-refractivity contribution in [2.24, 2.45) is 0 Å². The van der Waals surface area contributed by atoms with Gasteiger partial charge in [0.15, 0.2) is 0 Å². The van der Waals surface area contributed by atoms with Crippen LogP contribution in [0.3, 0.4) is 0 Å². The number of likely N-dealkylation sites (N-methyl/N-ethyl adjacent to an activating group) is 1. The lowest BCUT2D eigenvalue weighted by atomic mass is 10.1. The number of nitrogens with one attached hydrogen (secondary N) is 1. The number of carbonyl (C=O) groups excluding carboxylic acids is 2. The zero-order chi connectivity index (χ0) is 15.2. The highest BCUT2D eigenvalue weighted by Gasteiger charge is 2.27. The summed E-state index contributed by atoms with van der Waals surface area (Å²) in [5, 5.41) is 2.92. The molecule has 2 rings (SSSR count). The number of carbonyl (C=O) groups is 2. The van der Waals surface area contributed by atoms with E-state index in [1.54, 1.807) is 11.9 Å². The molecule has 0 bridgehead atoms. The van der Waals surface area contributed by atoms with Crippen LogP contribution in [0.2, 0.25) is 0 Å². The van der Waals surface area contributed by atoms with E-state index in [2.05, 4.69) is 5.32 Å². The van der Waals surface area contributed by atoms with Crippen LogP contribution >= 0.6 is 0 Å². The molecule has 1 aromatic rings. The maximum Gasteiger partial charge on any atom is 0.224 e. The summed E-state index contributed by atoms with van der Waals surface area (Å²) in [6.07, 6.45) is 1.53. The smallest absolute Gasteiger partial charge is 0.224 e. The van der Waals surface area contributed by atoms with Gasteiger partial charge in [-0.05, 0) is 31.0 Å². The fraction of sp³-hybridized carbons (Fsp3) is 0.500. The number of hydrogen-bond donors (Lipinski definition) is 1. The van der Waals surface area contributed by atoms with Gasteiger partial charge in [0.05, 0.1) is 12.6 Å². The SMILES string of the molecule is CCOc1ccc(CCC(=O)NC2CC(=O)N(C)C2)cc1. The Morgan fingerprint density at radius 1 is 1.38 bits per heavy atom. The summed E-state index contributed by atoms with van der Waals surface area (Å²) in [4.78, 5) is 24.9. The van der Waals surface area contributed by atoms with Crippen LogP contribution in [0.5, 0.6) is 5.75 Å². The van der Waals surface area contributed by atoms with E-state index < -0.39 is 0 Å². The van der Waals surface area contributed by atoms with E-state index in [-0.39, 0.29) is 17.9 Å². The highest BCUT2D eigenvalue weighted by molar-refractivity contribution is 5.82. The molecule has 0 radical (unpaired) electrons. The summed E-state index contributed by atoms with van der Waals surface area (Å²) < 4.78 is 5.38. The average Bonchev–Trinajstić information content (AvgIpc) is 2.77. The number of aryl methyl sites for hydroxylation is 1. The molecule has 1 atom stereocenters. The van der Waals surface area contributed by atoms with Crippen molar-refractivity contribution in [3.63, 3.8) is 0 Å². The number of likely N-dealkylation sites (tertiary alicyclic amines) is 1. The summed E-state index contributed by atoms with van der Waals surface area (Å²) in [5.41, 5.74) is 1.10. The van der Waals surface area contributed by atoms with Gasteiger partial charge in [0.25, 0.3) is 0 Å². The second-order valence-electron chi connectivity index (χ2n) is 5.32. The van der Waals surface area contributed by atoms with Gasteiger partial charge >= 0.3 is 0 Å². The van der Waals surface area contributed by atoms with Gasteiger partial charge in [-0.2, -0.15) is 0 Å². The van der Waals surface area contributed by atoms with Gasteiger partial charge in [0.1, 0.15) is 5.75 Å². The van der Waals surface area contributed by atoms with Crippen LogP contribution in [0.25, 0.3) is 0 Å². The lowest BCUT2D eigenvalue weighted by Crippen LogP contribution is -2.36. The molecule has 1 unspecified atom stereocenters. The van der Waals surface area contributed by atoms with Crippen molar-refractivity contribution in [3.8, 4) is 5.75 Å². The summed E-state index contributed by atoms with van der Waals surface area (Å²) in [5.74, 6) is 0.932. The number of ether oxygens (including phenoxy) is 1. The third kappa shape index (κ3) is 4.48. The van der Waals surface area contributed by atoms with Crippen molar-refractivity contribution in [2.45, 2.75) is 32.2 Å². The van der Waals surface area contributed by atoms with Gasteiger partial charge in [-0.25, -0.2) is 0 Å². The molecule has 114 valence electrons. The molecule has 21 heavy (non-hydrogen) atoms. The minimum Gasteiger partial charge on any atom is -0.494 e. The summed E-state index contributed by atoms with van der Waals surface area (Å²) in [6, 6.07) is 7.74. The molecular formula is C16H22N2O3. The van der Waals surface area contributed by atoms with Crippen LogP contribution < -0.4 is 10.1 Å². The Bertz CT molecular complexity index is 499. The van der Waals surface area contributed by atoms with Gasteiger partial charge in [0, 0.05) is 26.4 Å². The number of benzene rings is 1. The molecule has 1 aliphatic rings. The van der Waals surface area contributed by atoms with Gasteiger partial charge in [0.2, 0.25) is 11.8 Å². The number of hydrogen-bond acceptors (Lipinski definition) is 3. The van der Waals surface area contributed by atoms with Gasteiger partial charge < -0.3 is 15.0 Å². The topological polar surface area (TPSA) is 58.6 Å². The van der Waals surface area contributed by atoms with E-state index in [0.29, 0.717) is 32.4 Å². The average molecular weight is 290 g/mol. The second-order valence-corrected chi connectivity index (χ2v) is 5.32. The van der Waals surface area contributed by atoms with Crippen molar-refractivity contribution in [2.75, 3.05) is 20.2 Å². The van der Waals surface area contributed by atoms with Crippen LogP contribution in [0.4, 0.5) is 0 Å². The van der Waals surface area contributed by atoms with E-state index in [9.17, 15) is 9.59 Å². The second kappa shape index (κ2) is 7.11. The molecule has 0 aromatic heterocycles. The Kier molecular flexibility index (Phi) is 5.20. The first-order valence-electron chi connectivity index (χ1n) is 7.33. The number of rotatable bonds is 6. The largest absolute Gasteiger partial charge is 0.494 e. The fourth-order valence-electron chi connectivity index (χ4n) is 2.44. The van der Waals surface area contributed by atoms with Crippen molar-refractivity contribution in [3.05, 3.63) is 29.8 Å². The van der Waals surface area contributed by atoms with E-state index in [4.69, 9.17) is 4.74 Å². The molecule has 1 N–H and O–H groups in total. The zero-order valence-electron chi connectivity index (χ0n) is 12.6. The van der Waals surface area contributed by atoms with Gasteiger partial charge in [-0.3, -0.25) is 9.59 Å². The predicted molar refractivity (Wildman–Crippen MR) is 80.1 cm³/mol. The maximum atomic E-state index is 11.9. The van der Waals surface area contributed by atoms with Crippen LogP contribution in [0.15, 0.2) is 24.3 Å². The Balaban J connectivity index is 1.75. The first kappa shape index (κ1) is 15.4. The Labute approximate surface area is 125 Å². The summed E-state index contributed by atoms with van der Waals surface area (Å²) in [7, 11) is 1.76. The summed E-state index contributed by atoms with van der Waals surface area (Å²) >= 11 is 0. The normalized spacial score (nSPS) is 17.9. The Hall–Kier alpha value is -2.04. The van der Waals surface area contributed by atoms with E-state index in [1.807, 2.05) is 31.2 Å². The number of nitrogens with zero attached hydrogens (tertiary/aromatic N) is 1. The van der Waals surface area contributed by atoms with Crippen LogP contribution in [-0.2, 0) is 16.0 Å². The molecule has 1 aliphatic heterocycles. The standard InChI is InChI=1S/C16H22N2O3/c1-3-21-14-7-4-12(5-8-14)6-9-15(19)17-13-10-16(20)18(2)11-13/h4-5,7-8,13H,3,6,9-11H2,1-2H3,(H,17,19).